The predicted molar refractivity (Wildman–Crippen MR) is 111 cm³/mol. The summed E-state index contributed by atoms with van der Waals surface area (Å²) >= 11 is 0. The highest BCUT2D eigenvalue weighted by atomic mass is 32.2. The first-order chi connectivity index (χ1) is 14.4. The number of pyridine rings is 3. The molecular weight excluding hydrogens is 406 g/mol. The van der Waals surface area contributed by atoms with Gasteiger partial charge < -0.3 is 4.74 Å². The van der Waals surface area contributed by atoms with Crippen LogP contribution in [0.2, 0.25) is 0 Å². The molecule has 0 aliphatic rings. The maximum absolute atomic E-state index is 12.8. The molecule has 4 rings (SSSR count). The van der Waals surface area contributed by atoms with Gasteiger partial charge in [0.2, 0.25) is 5.88 Å². The topological polar surface area (TPSA) is 116 Å². The monoisotopic (exact) mass is 423 g/mol. The third-order valence-corrected chi connectivity index (χ3v) is 5.76. The molecule has 10 heteroatoms. The molecule has 30 heavy (non-hydrogen) atoms. The van der Waals surface area contributed by atoms with Gasteiger partial charge in [-0.25, -0.2) is 18.4 Å². The Balaban J connectivity index is 1.76. The number of aryl methyl sites for hydroxylation is 1. The number of nitrogens with one attached hydrogen (secondary N) is 1. The summed E-state index contributed by atoms with van der Waals surface area (Å²) in [5.41, 5.74) is 2.39. The van der Waals surface area contributed by atoms with E-state index in [0.717, 1.165) is 0 Å². The van der Waals surface area contributed by atoms with E-state index in [1.54, 1.807) is 37.4 Å². The molecule has 0 aromatic carbocycles. The molecule has 0 aliphatic heterocycles. The number of rotatable bonds is 5. The summed E-state index contributed by atoms with van der Waals surface area (Å²) in [5, 5.41) is 0. The standard InChI is InChI=1S/C20H17N5O4S/c1-13-3-5-16(11-22-13)30(27,28)24-17-9-15(10-23-20(17)29-2)14-4-6-18-21-8-7-19(26)25(18)12-14/h3-12,24H,1-2H3. The lowest BCUT2D eigenvalue weighted by molar-refractivity contribution is 0.400. The van der Waals surface area contributed by atoms with Gasteiger partial charge in [0.05, 0.1) is 7.11 Å². The highest BCUT2D eigenvalue weighted by molar-refractivity contribution is 7.92. The van der Waals surface area contributed by atoms with Crippen molar-refractivity contribution in [2.75, 3.05) is 11.8 Å². The zero-order chi connectivity index (χ0) is 21.3. The summed E-state index contributed by atoms with van der Waals surface area (Å²) in [4.78, 5) is 24.5. The molecule has 4 aromatic rings. The van der Waals surface area contributed by atoms with Crippen molar-refractivity contribution in [3.05, 3.63) is 77.2 Å². The van der Waals surface area contributed by atoms with Crippen LogP contribution in [-0.4, -0.2) is 34.9 Å². The molecule has 0 radical (unpaired) electrons. The molecule has 1 N–H and O–H groups in total. The number of ether oxygens (including phenoxy) is 1. The largest absolute Gasteiger partial charge is 0.480 e. The van der Waals surface area contributed by atoms with Crippen molar-refractivity contribution in [1.29, 1.82) is 0 Å². The maximum Gasteiger partial charge on any atom is 0.263 e. The van der Waals surface area contributed by atoms with E-state index < -0.39 is 10.0 Å². The highest BCUT2D eigenvalue weighted by Crippen LogP contribution is 2.30. The molecule has 0 atom stereocenters. The van der Waals surface area contributed by atoms with Gasteiger partial charge in [-0.05, 0) is 37.3 Å². The van der Waals surface area contributed by atoms with E-state index in [4.69, 9.17) is 4.74 Å². The van der Waals surface area contributed by atoms with Gasteiger partial charge in [0.15, 0.2) is 0 Å². The minimum Gasteiger partial charge on any atom is -0.480 e. The Labute approximate surface area is 172 Å². The molecular formula is C20H17N5O4S. The van der Waals surface area contributed by atoms with Crippen molar-refractivity contribution >= 4 is 21.4 Å². The van der Waals surface area contributed by atoms with Crippen LogP contribution < -0.4 is 15.0 Å². The average Bonchev–Trinajstić information content (AvgIpc) is 2.74. The first-order valence-corrected chi connectivity index (χ1v) is 10.3. The Bertz CT molecular complexity index is 1400. The van der Waals surface area contributed by atoms with Gasteiger partial charge in [-0.2, -0.15) is 0 Å². The fourth-order valence-electron chi connectivity index (χ4n) is 2.87. The van der Waals surface area contributed by atoms with Crippen LogP contribution in [0.4, 0.5) is 5.69 Å². The molecule has 0 aliphatic carbocycles. The SMILES string of the molecule is COc1ncc(-c2ccc3nccc(=O)n3c2)cc1NS(=O)(=O)c1ccc(C)nc1. The molecule has 0 amide bonds. The Kier molecular flexibility index (Phi) is 4.92. The summed E-state index contributed by atoms with van der Waals surface area (Å²) in [7, 11) is -2.50. The van der Waals surface area contributed by atoms with Crippen molar-refractivity contribution in [2.24, 2.45) is 0 Å². The van der Waals surface area contributed by atoms with E-state index >= 15 is 0 Å². The van der Waals surface area contributed by atoms with Crippen LogP contribution in [0.1, 0.15) is 5.69 Å². The average molecular weight is 423 g/mol. The van der Waals surface area contributed by atoms with E-state index in [-0.39, 0.29) is 22.0 Å². The second-order valence-corrected chi connectivity index (χ2v) is 8.13. The van der Waals surface area contributed by atoms with Crippen LogP contribution in [0.25, 0.3) is 16.8 Å². The van der Waals surface area contributed by atoms with Crippen molar-refractivity contribution < 1.29 is 13.2 Å². The third kappa shape index (κ3) is 3.72. The number of nitrogens with zero attached hydrogens (tertiary/aromatic N) is 4. The second kappa shape index (κ2) is 7.56. The summed E-state index contributed by atoms with van der Waals surface area (Å²) in [5.74, 6) is 0.113. The zero-order valence-electron chi connectivity index (χ0n) is 16.1. The molecule has 0 saturated heterocycles. The number of hydrogen-bond donors (Lipinski definition) is 1. The fraction of sp³-hybridized carbons (Fsp3) is 0.100. The summed E-state index contributed by atoms with van der Waals surface area (Å²) < 4.78 is 34.6. The van der Waals surface area contributed by atoms with Gasteiger partial charge in [-0.1, -0.05) is 0 Å². The van der Waals surface area contributed by atoms with Crippen molar-refractivity contribution in [1.82, 2.24) is 19.4 Å². The maximum atomic E-state index is 12.8. The molecule has 0 saturated carbocycles. The number of sulfonamides is 1. The van der Waals surface area contributed by atoms with E-state index in [0.29, 0.717) is 22.5 Å². The zero-order valence-corrected chi connectivity index (χ0v) is 16.9. The van der Waals surface area contributed by atoms with Gasteiger partial charge in [-0.15, -0.1) is 0 Å². The molecule has 9 nitrogen and oxygen atoms in total. The highest BCUT2D eigenvalue weighted by Gasteiger charge is 2.18. The molecule has 0 spiro atoms. The van der Waals surface area contributed by atoms with Crippen molar-refractivity contribution in [3.8, 4) is 17.0 Å². The van der Waals surface area contributed by atoms with Crippen LogP contribution in [-0.2, 0) is 10.0 Å². The van der Waals surface area contributed by atoms with Gasteiger partial charge in [0.25, 0.3) is 15.6 Å². The lowest BCUT2D eigenvalue weighted by Crippen LogP contribution is -2.14. The predicted octanol–water partition coefficient (Wildman–Crippen LogP) is 2.27. The quantitative estimate of drug-likeness (QED) is 0.523. The van der Waals surface area contributed by atoms with Crippen molar-refractivity contribution in [2.45, 2.75) is 11.8 Å². The first kappa shape index (κ1) is 19.5. The number of anilines is 1. The normalized spacial score (nSPS) is 11.4. The molecule has 0 unspecified atom stereocenters. The van der Waals surface area contributed by atoms with Gasteiger partial charge in [0, 0.05) is 47.7 Å². The second-order valence-electron chi connectivity index (χ2n) is 6.45. The van der Waals surface area contributed by atoms with Crippen LogP contribution in [0, 0.1) is 6.92 Å². The minimum atomic E-state index is -3.90. The van der Waals surface area contributed by atoms with Crippen molar-refractivity contribution in [3.63, 3.8) is 0 Å². The van der Waals surface area contributed by atoms with E-state index in [1.165, 1.54) is 42.2 Å². The van der Waals surface area contributed by atoms with E-state index in [2.05, 4.69) is 19.7 Å². The van der Waals surface area contributed by atoms with Crippen LogP contribution >= 0.6 is 0 Å². The fourth-order valence-corrected chi connectivity index (χ4v) is 3.86. The first-order valence-electron chi connectivity index (χ1n) is 8.85. The Morgan fingerprint density at radius 1 is 1.00 bits per heavy atom. The van der Waals surface area contributed by atoms with Gasteiger partial charge in [0.1, 0.15) is 16.2 Å². The molecule has 0 bridgehead atoms. The lowest BCUT2D eigenvalue weighted by Gasteiger charge is -2.13. The number of hydrogen-bond acceptors (Lipinski definition) is 7. The molecule has 152 valence electrons. The van der Waals surface area contributed by atoms with Gasteiger partial charge in [-0.3, -0.25) is 18.9 Å². The Morgan fingerprint density at radius 2 is 1.83 bits per heavy atom. The van der Waals surface area contributed by atoms with Crippen LogP contribution in [0.15, 0.2) is 70.9 Å². The third-order valence-electron chi connectivity index (χ3n) is 4.40. The number of methoxy groups -OCH3 is 1. The van der Waals surface area contributed by atoms with Gasteiger partial charge >= 0.3 is 0 Å². The van der Waals surface area contributed by atoms with E-state index in [1.807, 2.05) is 0 Å². The minimum absolute atomic E-state index is 0.0175. The number of fused-ring (bicyclic) bond motifs is 1. The molecule has 4 aromatic heterocycles. The summed E-state index contributed by atoms with van der Waals surface area (Å²) in [6.07, 6.45) is 5.88. The number of aromatic nitrogens is 4. The summed E-state index contributed by atoms with van der Waals surface area (Å²) in [6.45, 7) is 1.77. The Hall–Kier alpha value is -3.79. The van der Waals surface area contributed by atoms with E-state index in [9.17, 15) is 13.2 Å². The van der Waals surface area contributed by atoms with Crippen LogP contribution in [0.5, 0.6) is 5.88 Å². The Morgan fingerprint density at radius 3 is 2.57 bits per heavy atom. The summed E-state index contributed by atoms with van der Waals surface area (Å²) in [6, 6.07) is 9.50. The molecule has 4 heterocycles. The molecule has 0 fully saturated rings. The lowest BCUT2D eigenvalue weighted by atomic mass is 10.1. The van der Waals surface area contributed by atoms with Crippen LogP contribution in [0.3, 0.4) is 0 Å². The smallest absolute Gasteiger partial charge is 0.263 e.